The SMILES string of the molecule is N#CCOc1cc(N)ccc1C(=O)O. The van der Waals surface area contributed by atoms with Crippen LogP contribution in [0.2, 0.25) is 0 Å². The summed E-state index contributed by atoms with van der Waals surface area (Å²) in [6, 6.07) is 5.92. The van der Waals surface area contributed by atoms with E-state index in [1.807, 2.05) is 0 Å². The van der Waals surface area contributed by atoms with Gasteiger partial charge in [-0.05, 0) is 12.1 Å². The zero-order valence-corrected chi connectivity index (χ0v) is 7.23. The van der Waals surface area contributed by atoms with Crippen LogP contribution in [-0.4, -0.2) is 17.7 Å². The van der Waals surface area contributed by atoms with Crippen LogP contribution in [0.4, 0.5) is 5.69 Å². The van der Waals surface area contributed by atoms with E-state index >= 15 is 0 Å². The Morgan fingerprint density at radius 3 is 2.93 bits per heavy atom. The van der Waals surface area contributed by atoms with Crippen LogP contribution in [0, 0.1) is 11.3 Å². The second kappa shape index (κ2) is 4.14. The van der Waals surface area contributed by atoms with E-state index in [-0.39, 0.29) is 17.9 Å². The molecule has 0 amide bonds. The van der Waals surface area contributed by atoms with Crippen molar-refractivity contribution in [2.75, 3.05) is 12.3 Å². The molecular weight excluding hydrogens is 184 g/mol. The van der Waals surface area contributed by atoms with Crippen LogP contribution < -0.4 is 10.5 Å². The molecule has 0 atom stereocenters. The molecule has 0 spiro atoms. The Hall–Kier alpha value is -2.22. The van der Waals surface area contributed by atoms with Gasteiger partial charge in [-0.3, -0.25) is 0 Å². The fraction of sp³-hybridized carbons (Fsp3) is 0.111. The molecule has 5 nitrogen and oxygen atoms in total. The molecule has 0 aromatic heterocycles. The van der Waals surface area contributed by atoms with Gasteiger partial charge in [-0.2, -0.15) is 5.26 Å². The molecule has 14 heavy (non-hydrogen) atoms. The van der Waals surface area contributed by atoms with Gasteiger partial charge in [-0.25, -0.2) is 4.79 Å². The molecule has 0 saturated heterocycles. The standard InChI is InChI=1S/C9H8N2O3/c10-3-4-14-8-5-6(11)1-2-7(8)9(12)13/h1-2,5H,4,11H2,(H,12,13). The van der Waals surface area contributed by atoms with E-state index in [9.17, 15) is 4.79 Å². The molecule has 0 aliphatic carbocycles. The Kier molecular flexibility index (Phi) is 2.92. The van der Waals surface area contributed by atoms with Crippen molar-refractivity contribution < 1.29 is 14.6 Å². The maximum atomic E-state index is 10.7. The predicted octanol–water partition coefficient (Wildman–Crippen LogP) is 0.869. The monoisotopic (exact) mass is 192 g/mol. The van der Waals surface area contributed by atoms with E-state index in [2.05, 4.69) is 0 Å². The van der Waals surface area contributed by atoms with Crippen molar-refractivity contribution in [3.8, 4) is 11.8 Å². The second-order valence-corrected chi connectivity index (χ2v) is 2.51. The number of nitrogens with zero attached hydrogens (tertiary/aromatic N) is 1. The van der Waals surface area contributed by atoms with Gasteiger partial charge < -0.3 is 15.6 Å². The third-order valence-electron chi connectivity index (χ3n) is 1.53. The van der Waals surface area contributed by atoms with Crippen molar-refractivity contribution in [2.24, 2.45) is 0 Å². The van der Waals surface area contributed by atoms with Crippen molar-refractivity contribution in [3.63, 3.8) is 0 Å². The van der Waals surface area contributed by atoms with Gasteiger partial charge in [0.1, 0.15) is 17.4 Å². The first-order valence-electron chi connectivity index (χ1n) is 3.77. The molecule has 1 aromatic carbocycles. The van der Waals surface area contributed by atoms with E-state index in [1.54, 1.807) is 6.07 Å². The first kappa shape index (κ1) is 9.86. The molecule has 0 aliphatic rings. The molecule has 0 bridgehead atoms. The maximum Gasteiger partial charge on any atom is 0.339 e. The van der Waals surface area contributed by atoms with Gasteiger partial charge in [0.15, 0.2) is 6.61 Å². The molecular formula is C9H8N2O3. The van der Waals surface area contributed by atoms with Crippen molar-refractivity contribution in [2.45, 2.75) is 0 Å². The summed E-state index contributed by atoms with van der Waals surface area (Å²) in [6.07, 6.45) is 0. The van der Waals surface area contributed by atoms with Gasteiger partial charge in [0.25, 0.3) is 0 Å². The van der Waals surface area contributed by atoms with E-state index < -0.39 is 5.97 Å². The van der Waals surface area contributed by atoms with Gasteiger partial charge in [-0.1, -0.05) is 0 Å². The number of anilines is 1. The number of nitriles is 1. The summed E-state index contributed by atoms with van der Waals surface area (Å²) in [4.78, 5) is 10.7. The smallest absolute Gasteiger partial charge is 0.339 e. The molecule has 1 aromatic rings. The first-order chi connectivity index (χ1) is 6.65. The molecule has 5 heteroatoms. The van der Waals surface area contributed by atoms with Crippen LogP contribution in [0.15, 0.2) is 18.2 Å². The Morgan fingerprint density at radius 2 is 2.36 bits per heavy atom. The summed E-state index contributed by atoms with van der Waals surface area (Å²) in [5, 5.41) is 17.0. The van der Waals surface area contributed by atoms with Gasteiger partial charge >= 0.3 is 5.97 Å². The number of benzene rings is 1. The van der Waals surface area contributed by atoms with Crippen LogP contribution in [0.3, 0.4) is 0 Å². The highest BCUT2D eigenvalue weighted by Gasteiger charge is 2.10. The quantitative estimate of drug-likeness (QED) is 0.692. The molecule has 0 radical (unpaired) electrons. The minimum atomic E-state index is -1.11. The van der Waals surface area contributed by atoms with E-state index in [0.717, 1.165) is 0 Å². The van der Waals surface area contributed by atoms with Crippen LogP contribution >= 0.6 is 0 Å². The number of hydrogen-bond donors (Lipinski definition) is 2. The van der Waals surface area contributed by atoms with E-state index in [1.165, 1.54) is 18.2 Å². The van der Waals surface area contributed by atoms with Crippen LogP contribution in [-0.2, 0) is 0 Å². The molecule has 0 unspecified atom stereocenters. The molecule has 0 heterocycles. The third kappa shape index (κ3) is 2.14. The summed E-state index contributed by atoms with van der Waals surface area (Å²) >= 11 is 0. The third-order valence-corrected chi connectivity index (χ3v) is 1.53. The number of rotatable bonds is 3. The Labute approximate surface area is 80.3 Å². The summed E-state index contributed by atoms with van der Waals surface area (Å²) < 4.78 is 4.91. The van der Waals surface area contributed by atoms with Crippen LogP contribution in [0.1, 0.15) is 10.4 Å². The van der Waals surface area contributed by atoms with Gasteiger partial charge in [-0.15, -0.1) is 0 Å². The van der Waals surface area contributed by atoms with Crippen molar-refractivity contribution >= 4 is 11.7 Å². The summed E-state index contributed by atoms with van der Waals surface area (Å²) in [6.45, 7) is -0.205. The fourth-order valence-electron chi connectivity index (χ4n) is 0.945. The molecule has 0 saturated carbocycles. The average molecular weight is 192 g/mol. The van der Waals surface area contributed by atoms with Gasteiger partial charge in [0, 0.05) is 11.8 Å². The molecule has 72 valence electrons. The van der Waals surface area contributed by atoms with Crippen molar-refractivity contribution in [1.29, 1.82) is 5.26 Å². The van der Waals surface area contributed by atoms with Crippen LogP contribution in [0.25, 0.3) is 0 Å². The molecule has 3 N–H and O–H groups in total. The second-order valence-electron chi connectivity index (χ2n) is 2.51. The number of carbonyl (C=O) groups is 1. The summed E-state index contributed by atoms with van der Waals surface area (Å²) in [5.41, 5.74) is 5.83. The minimum absolute atomic E-state index is 0.00514. The number of hydrogen-bond acceptors (Lipinski definition) is 4. The topological polar surface area (TPSA) is 96.3 Å². The Balaban J connectivity index is 3.04. The largest absolute Gasteiger partial charge is 0.478 e. The maximum absolute atomic E-state index is 10.7. The fourth-order valence-corrected chi connectivity index (χ4v) is 0.945. The number of aromatic carboxylic acids is 1. The lowest BCUT2D eigenvalue weighted by Crippen LogP contribution is -2.04. The molecule has 0 aliphatic heterocycles. The minimum Gasteiger partial charge on any atom is -0.478 e. The first-order valence-corrected chi connectivity index (χ1v) is 3.77. The van der Waals surface area contributed by atoms with Crippen LogP contribution in [0.5, 0.6) is 5.75 Å². The summed E-state index contributed by atoms with van der Waals surface area (Å²) in [5.74, 6) is -1.00. The van der Waals surface area contributed by atoms with Crippen molar-refractivity contribution in [3.05, 3.63) is 23.8 Å². The Morgan fingerprint density at radius 1 is 1.64 bits per heavy atom. The normalized spacial score (nSPS) is 9.07. The number of carboxylic acids is 1. The lowest BCUT2D eigenvalue weighted by molar-refractivity contribution is 0.0693. The highest BCUT2D eigenvalue weighted by Crippen LogP contribution is 2.21. The zero-order valence-electron chi connectivity index (χ0n) is 7.23. The van der Waals surface area contributed by atoms with Gasteiger partial charge in [0.2, 0.25) is 0 Å². The lowest BCUT2D eigenvalue weighted by Gasteiger charge is -2.06. The number of nitrogens with two attached hydrogens (primary N) is 1. The Bertz CT molecular complexity index is 396. The average Bonchev–Trinajstić information content (AvgIpc) is 2.14. The highest BCUT2D eigenvalue weighted by atomic mass is 16.5. The molecule has 1 rings (SSSR count). The molecule has 0 fully saturated rings. The number of ether oxygens (including phenoxy) is 1. The predicted molar refractivity (Wildman–Crippen MR) is 48.9 cm³/mol. The van der Waals surface area contributed by atoms with Crippen molar-refractivity contribution in [1.82, 2.24) is 0 Å². The van der Waals surface area contributed by atoms with E-state index in [0.29, 0.717) is 5.69 Å². The lowest BCUT2D eigenvalue weighted by atomic mass is 10.2. The highest BCUT2D eigenvalue weighted by molar-refractivity contribution is 5.91. The zero-order chi connectivity index (χ0) is 10.6. The van der Waals surface area contributed by atoms with Gasteiger partial charge in [0.05, 0.1) is 0 Å². The number of carboxylic acid groups (broad SMARTS) is 1. The number of nitrogen functional groups attached to an aromatic ring is 1. The summed E-state index contributed by atoms with van der Waals surface area (Å²) in [7, 11) is 0. The van der Waals surface area contributed by atoms with E-state index in [4.69, 9.17) is 20.8 Å².